The van der Waals surface area contributed by atoms with E-state index in [0.717, 1.165) is 29.7 Å². The molecule has 0 radical (unpaired) electrons. The van der Waals surface area contributed by atoms with Crippen LogP contribution in [0.1, 0.15) is 30.4 Å². The Kier molecular flexibility index (Phi) is 4.17. The number of amides is 1. The number of sulfonamides is 1. The summed E-state index contributed by atoms with van der Waals surface area (Å²) in [6.07, 6.45) is 1.59. The van der Waals surface area contributed by atoms with Crippen molar-refractivity contribution in [3.05, 3.63) is 51.5 Å². The Bertz CT molecular complexity index is 1040. The third kappa shape index (κ3) is 2.76. The summed E-state index contributed by atoms with van der Waals surface area (Å²) in [4.78, 5) is 14.4. The van der Waals surface area contributed by atoms with Crippen LogP contribution in [0.5, 0.6) is 0 Å². The molecule has 1 amide bonds. The fraction of sp³-hybridized carbons (Fsp3) is 0.278. The number of carbonyl (C=O) groups excluding carboxylic acids is 1. The van der Waals surface area contributed by atoms with Crippen molar-refractivity contribution in [2.75, 3.05) is 16.2 Å². The maximum atomic E-state index is 12.9. The number of benzene rings is 2. The van der Waals surface area contributed by atoms with E-state index in [1.54, 1.807) is 23.1 Å². The lowest BCUT2D eigenvalue weighted by Gasteiger charge is -2.26. The molecule has 0 saturated carbocycles. The zero-order valence-electron chi connectivity index (χ0n) is 13.9. The van der Waals surface area contributed by atoms with Gasteiger partial charge in [0.05, 0.1) is 32.2 Å². The normalized spacial score (nSPS) is 18.8. The smallest absolute Gasteiger partial charge is 0.261 e. The van der Waals surface area contributed by atoms with Crippen molar-refractivity contribution >= 4 is 50.5 Å². The number of halogens is 2. The summed E-state index contributed by atoms with van der Waals surface area (Å²) in [5.41, 5.74) is 2.91. The fourth-order valence-corrected chi connectivity index (χ4v) is 5.03. The predicted octanol–water partition coefficient (Wildman–Crippen LogP) is 4.19. The standard InChI is InChI=1S/C18H16Cl2N2O3S/c1-10-14-9-13(7-11-3-2-6-22(17(11)14)18(10)23)26(24,25)21-12-4-5-15(19)16(20)8-12/h4-5,7-10,21H,2-3,6H2,1H3/t10-/m1/s1. The molecule has 1 atom stereocenters. The minimum Gasteiger partial charge on any atom is -0.311 e. The largest absolute Gasteiger partial charge is 0.311 e. The lowest BCUT2D eigenvalue weighted by Crippen LogP contribution is -2.32. The van der Waals surface area contributed by atoms with Gasteiger partial charge in [0.15, 0.2) is 0 Å². The molecule has 0 aliphatic carbocycles. The van der Waals surface area contributed by atoms with Gasteiger partial charge in [0.25, 0.3) is 10.0 Å². The molecule has 2 aromatic carbocycles. The SMILES string of the molecule is C[C@H]1C(=O)N2CCCc3cc(S(=O)(=O)Nc4ccc(Cl)c(Cl)c4)cc1c32. The Morgan fingerprint density at radius 2 is 1.92 bits per heavy atom. The van der Waals surface area contributed by atoms with Gasteiger partial charge in [-0.15, -0.1) is 0 Å². The second-order valence-corrected chi connectivity index (χ2v) is 9.07. The third-order valence-electron chi connectivity index (χ3n) is 4.87. The first-order chi connectivity index (χ1) is 12.3. The van der Waals surface area contributed by atoms with Crippen molar-refractivity contribution in [3.63, 3.8) is 0 Å². The summed E-state index contributed by atoms with van der Waals surface area (Å²) in [6.45, 7) is 2.51. The number of hydrogen-bond donors (Lipinski definition) is 1. The molecule has 1 N–H and O–H groups in total. The van der Waals surface area contributed by atoms with Crippen LogP contribution in [0.4, 0.5) is 11.4 Å². The highest BCUT2D eigenvalue weighted by molar-refractivity contribution is 7.92. The summed E-state index contributed by atoms with van der Waals surface area (Å²) in [5.74, 6) is -0.296. The van der Waals surface area contributed by atoms with E-state index in [-0.39, 0.29) is 21.7 Å². The maximum absolute atomic E-state index is 12.9. The van der Waals surface area contributed by atoms with Gasteiger partial charge in [0.2, 0.25) is 5.91 Å². The van der Waals surface area contributed by atoms with Gasteiger partial charge in [-0.25, -0.2) is 8.42 Å². The molecule has 5 nitrogen and oxygen atoms in total. The molecule has 0 bridgehead atoms. The van der Waals surface area contributed by atoms with Crippen molar-refractivity contribution in [1.29, 1.82) is 0 Å². The van der Waals surface area contributed by atoms with Gasteiger partial charge < -0.3 is 4.90 Å². The van der Waals surface area contributed by atoms with E-state index < -0.39 is 10.0 Å². The van der Waals surface area contributed by atoms with E-state index in [2.05, 4.69) is 4.72 Å². The van der Waals surface area contributed by atoms with Crippen LogP contribution in [0.15, 0.2) is 35.2 Å². The number of anilines is 2. The Labute approximate surface area is 162 Å². The van der Waals surface area contributed by atoms with E-state index in [0.29, 0.717) is 17.3 Å². The second kappa shape index (κ2) is 6.15. The minimum absolute atomic E-state index is 0.0351. The average Bonchev–Trinajstić information content (AvgIpc) is 2.85. The minimum atomic E-state index is -3.81. The Morgan fingerprint density at radius 3 is 2.65 bits per heavy atom. The molecular weight excluding hydrogens is 395 g/mol. The highest BCUT2D eigenvalue weighted by Gasteiger charge is 2.38. The summed E-state index contributed by atoms with van der Waals surface area (Å²) in [6, 6.07) is 7.82. The fourth-order valence-electron chi connectivity index (χ4n) is 3.59. The molecule has 2 aliphatic rings. The molecule has 136 valence electrons. The number of hydrogen-bond acceptors (Lipinski definition) is 3. The topological polar surface area (TPSA) is 66.5 Å². The number of carbonyl (C=O) groups is 1. The van der Waals surface area contributed by atoms with Gasteiger partial charge >= 0.3 is 0 Å². The molecule has 2 aromatic rings. The molecule has 2 aliphatic heterocycles. The summed E-state index contributed by atoms with van der Waals surface area (Å²) >= 11 is 11.8. The van der Waals surface area contributed by atoms with E-state index >= 15 is 0 Å². The maximum Gasteiger partial charge on any atom is 0.261 e. The van der Waals surface area contributed by atoms with Crippen LogP contribution >= 0.6 is 23.2 Å². The predicted molar refractivity (Wildman–Crippen MR) is 103 cm³/mol. The lowest BCUT2D eigenvalue weighted by molar-refractivity contribution is -0.119. The molecule has 0 unspecified atom stereocenters. The van der Waals surface area contributed by atoms with Gasteiger partial charge in [0.1, 0.15) is 0 Å². The van der Waals surface area contributed by atoms with E-state index in [1.165, 1.54) is 12.1 Å². The second-order valence-electron chi connectivity index (χ2n) is 6.57. The average molecular weight is 411 g/mol. The first-order valence-corrected chi connectivity index (χ1v) is 10.5. The van der Waals surface area contributed by atoms with Crippen LogP contribution in [0.25, 0.3) is 0 Å². The Balaban J connectivity index is 1.76. The van der Waals surface area contributed by atoms with Gasteiger partial charge in [-0.1, -0.05) is 23.2 Å². The molecule has 0 fully saturated rings. The summed E-state index contributed by atoms with van der Waals surface area (Å²) in [5, 5.41) is 0.620. The highest BCUT2D eigenvalue weighted by Crippen LogP contribution is 2.44. The third-order valence-corrected chi connectivity index (χ3v) is 6.97. The van der Waals surface area contributed by atoms with E-state index in [1.807, 2.05) is 6.92 Å². The van der Waals surface area contributed by atoms with Gasteiger partial charge in [-0.3, -0.25) is 9.52 Å². The van der Waals surface area contributed by atoms with Crippen molar-refractivity contribution in [3.8, 4) is 0 Å². The lowest BCUT2D eigenvalue weighted by atomic mass is 9.97. The molecular formula is C18H16Cl2N2O3S. The first-order valence-electron chi connectivity index (χ1n) is 8.24. The molecule has 26 heavy (non-hydrogen) atoms. The van der Waals surface area contributed by atoms with Crippen LogP contribution < -0.4 is 9.62 Å². The number of nitrogens with zero attached hydrogens (tertiary/aromatic N) is 1. The quantitative estimate of drug-likeness (QED) is 0.824. The van der Waals surface area contributed by atoms with Crippen molar-refractivity contribution < 1.29 is 13.2 Å². The Hall–Kier alpha value is -1.76. The number of rotatable bonds is 3. The van der Waals surface area contributed by atoms with Crippen molar-refractivity contribution in [2.24, 2.45) is 0 Å². The van der Waals surface area contributed by atoms with Crippen molar-refractivity contribution in [1.82, 2.24) is 0 Å². The number of nitrogens with one attached hydrogen (secondary N) is 1. The monoisotopic (exact) mass is 410 g/mol. The van der Waals surface area contributed by atoms with Crippen LogP contribution in [0.2, 0.25) is 10.0 Å². The molecule has 0 spiro atoms. The van der Waals surface area contributed by atoms with Crippen LogP contribution in [-0.2, 0) is 21.2 Å². The molecule has 4 rings (SSSR count). The van der Waals surface area contributed by atoms with E-state index in [9.17, 15) is 13.2 Å². The van der Waals surface area contributed by atoms with Crippen LogP contribution in [0.3, 0.4) is 0 Å². The zero-order valence-corrected chi connectivity index (χ0v) is 16.2. The molecule has 2 heterocycles. The van der Waals surface area contributed by atoms with Crippen LogP contribution in [-0.4, -0.2) is 20.9 Å². The van der Waals surface area contributed by atoms with Gasteiger partial charge in [-0.05, 0) is 61.2 Å². The van der Waals surface area contributed by atoms with E-state index in [4.69, 9.17) is 23.2 Å². The molecule has 0 aromatic heterocycles. The zero-order chi connectivity index (χ0) is 18.6. The van der Waals surface area contributed by atoms with Crippen LogP contribution in [0, 0.1) is 0 Å². The van der Waals surface area contributed by atoms with Crippen molar-refractivity contribution in [2.45, 2.75) is 30.6 Å². The summed E-state index contributed by atoms with van der Waals surface area (Å²) < 4.78 is 28.3. The highest BCUT2D eigenvalue weighted by atomic mass is 35.5. The van der Waals surface area contributed by atoms with Gasteiger partial charge in [-0.2, -0.15) is 0 Å². The molecule has 0 saturated heterocycles. The van der Waals surface area contributed by atoms with Gasteiger partial charge in [0, 0.05) is 6.54 Å². The Morgan fingerprint density at radius 1 is 1.15 bits per heavy atom. The summed E-state index contributed by atoms with van der Waals surface area (Å²) in [7, 11) is -3.81. The molecule has 8 heteroatoms. The first kappa shape index (κ1) is 17.6. The number of aryl methyl sites for hydroxylation is 1.